The third kappa shape index (κ3) is 3.49. The number of rotatable bonds is 4. The molecular weight excluding hydrogens is 298 g/mol. The molecule has 0 atom stereocenters. The minimum atomic E-state index is -3.94. The lowest BCUT2D eigenvalue weighted by Crippen LogP contribution is -2.49. The zero-order chi connectivity index (χ0) is 15.7. The number of ether oxygens (including phenoxy) is 1. The predicted molar refractivity (Wildman–Crippen MR) is 76.3 cm³/mol. The summed E-state index contributed by atoms with van der Waals surface area (Å²) >= 11 is 0. The van der Waals surface area contributed by atoms with E-state index in [1.54, 1.807) is 6.92 Å². The maximum atomic E-state index is 12.4. The van der Waals surface area contributed by atoms with Gasteiger partial charge in [0.2, 0.25) is 10.0 Å². The lowest BCUT2D eigenvalue weighted by molar-refractivity contribution is -0.385. The number of nitrogen functional groups attached to an aromatic ring is 1. The van der Waals surface area contributed by atoms with Crippen molar-refractivity contribution in [1.29, 1.82) is 0 Å². The van der Waals surface area contributed by atoms with E-state index in [2.05, 4.69) is 4.72 Å². The molecule has 3 N–H and O–H groups in total. The first-order valence-corrected chi connectivity index (χ1v) is 7.87. The Labute approximate surface area is 122 Å². The third-order valence-corrected chi connectivity index (χ3v) is 5.17. The van der Waals surface area contributed by atoms with Crippen LogP contribution in [0.1, 0.15) is 19.8 Å². The molecule has 1 aliphatic rings. The number of nitro benzene ring substituents is 1. The Morgan fingerprint density at radius 2 is 2.00 bits per heavy atom. The van der Waals surface area contributed by atoms with Gasteiger partial charge in [-0.25, -0.2) is 13.1 Å². The Morgan fingerprint density at radius 1 is 1.38 bits per heavy atom. The van der Waals surface area contributed by atoms with Crippen LogP contribution in [0.4, 0.5) is 11.4 Å². The van der Waals surface area contributed by atoms with Crippen LogP contribution in [-0.4, -0.2) is 32.1 Å². The van der Waals surface area contributed by atoms with Crippen molar-refractivity contribution in [1.82, 2.24) is 4.72 Å². The summed E-state index contributed by atoms with van der Waals surface area (Å²) in [6.07, 6.45) is 1.06. The maximum Gasteiger partial charge on any atom is 0.270 e. The molecule has 0 radical (unpaired) electrons. The van der Waals surface area contributed by atoms with Crippen LogP contribution in [0.5, 0.6) is 0 Å². The molecule has 116 valence electrons. The molecule has 1 aromatic carbocycles. The average Bonchev–Trinajstić information content (AvgIpc) is 2.38. The first-order chi connectivity index (χ1) is 9.73. The number of nitro groups is 1. The molecule has 0 spiro atoms. The van der Waals surface area contributed by atoms with Crippen molar-refractivity contribution < 1.29 is 18.1 Å². The van der Waals surface area contributed by atoms with E-state index in [0.717, 1.165) is 6.07 Å². The van der Waals surface area contributed by atoms with Crippen molar-refractivity contribution in [2.45, 2.75) is 30.2 Å². The van der Waals surface area contributed by atoms with Crippen LogP contribution in [0, 0.1) is 10.1 Å². The number of hydrogen-bond donors (Lipinski definition) is 2. The molecule has 0 saturated carbocycles. The number of nitrogens with one attached hydrogen (secondary N) is 1. The fourth-order valence-electron chi connectivity index (χ4n) is 2.17. The average molecular weight is 315 g/mol. The van der Waals surface area contributed by atoms with Crippen LogP contribution in [0.25, 0.3) is 0 Å². The smallest absolute Gasteiger partial charge is 0.270 e. The second-order valence-electron chi connectivity index (χ2n) is 5.26. The summed E-state index contributed by atoms with van der Waals surface area (Å²) in [5.41, 5.74) is 4.67. The Bertz CT molecular complexity index is 653. The van der Waals surface area contributed by atoms with Crippen molar-refractivity contribution in [3.05, 3.63) is 28.3 Å². The number of nitrogens with two attached hydrogens (primary N) is 1. The van der Waals surface area contributed by atoms with E-state index in [1.165, 1.54) is 12.1 Å². The molecule has 0 unspecified atom stereocenters. The van der Waals surface area contributed by atoms with Gasteiger partial charge in [0.1, 0.15) is 4.90 Å². The number of anilines is 1. The van der Waals surface area contributed by atoms with Gasteiger partial charge in [-0.1, -0.05) is 0 Å². The molecular formula is C12H17N3O5S. The minimum Gasteiger partial charge on any atom is -0.398 e. The molecule has 1 heterocycles. The fourth-order valence-corrected chi connectivity index (χ4v) is 3.79. The Morgan fingerprint density at radius 3 is 2.57 bits per heavy atom. The summed E-state index contributed by atoms with van der Waals surface area (Å²) in [5, 5.41) is 10.8. The van der Waals surface area contributed by atoms with Crippen molar-refractivity contribution >= 4 is 21.4 Å². The second kappa shape index (κ2) is 5.58. The number of non-ortho nitro benzene ring substituents is 1. The van der Waals surface area contributed by atoms with Crippen LogP contribution in [0.3, 0.4) is 0 Å². The summed E-state index contributed by atoms with van der Waals surface area (Å²) < 4.78 is 32.7. The number of hydrogen-bond acceptors (Lipinski definition) is 6. The van der Waals surface area contributed by atoms with Gasteiger partial charge >= 0.3 is 0 Å². The minimum absolute atomic E-state index is 0.0243. The van der Waals surface area contributed by atoms with Gasteiger partial charge in [0.15, 0.2) is 0 Å². The molecule has 9 heteroatoms. The molecule has 1 aromatic rings. The molecule has 0 aromatic heterocycles. The monoisotopic (exact) mass is 315 g/mol. The van der Waals surface area contributed by atoms with Gasteiger partial charge in [-0.3, -0.25) is 10.1 Å². The second-order valence-corrected chi connectivity index (χ2v) is 6.91. The number of sulfonamides is 1. The first-order valence-electron chi connectivity index (χ1n) is 6.39. The van der Waals surface area contributed by atoms with E-state index in [1.807, 2.05) is 0 Å². The van der Waals surface area contributed by atoms with E-state index in [4.69, 9.17) is 10.5 Å². The summed E-state index contributed by atoms with van der Waals surface area (Å²) in [7, 11) is -3.94. The van der Waals surface area contributed by atoms with Gasteiger partial charge in [-0.2, -0.15) is 0 Å². The van der Waals surface area contributed by atoms with Crippen LogP contribution in [0.2, 0.25) is 0 Å². The van der Waals surface area contributed by atoms with Crippen molar-refractivity contribution in [3.63, 3.8) is 0 Å². The molecule has 1 fully saturated rings. The first kappa shape index (κ1) is 15.7. The number of benzene rings is 1. The Hall–Kier alpha value is -1.71. The van der Waals surface area contributed by atoms with Gasteiger partial charge in [0.25, 0.3) is 5.69 Å². The van der Waals surface area contributed by atoms with E-state index in [0.29, 0.717) is 26.1 Å². The van der Waals surface area contributed by atoms with Gasteiger partial charge in [0.05, 0.1) is 10.6 Å². The highest BCUT2D eigenvalue weighted by Gasteiger charge is 2.33. The lowest BCUT2D eigenvalue weighted by atomic mass is 9.94. The normalized spacial score (nSPS) is 18.3. The third-order valence-electron chi connectivity index (χ3n) is 3.47. The molecule has 0 bridgehead atoms. The van der Waals surface area contributed by atoms with Crippen LogP contribution in [-0.2, 0) is 14.8 Å². The van der Waals surface area contributed by atoms with Crippen LogP contribution in [0.15, 0.2) is 23.1 Å². The van der Waals surface area contributed by atoms with E-state index < -0.39 is 20.5 Å². The lowest BCUT2D eigenvalue weighted by Gasteiger charge is -2.34. The molecule has 2 rings (SSSR count). The SMILES string of the molecule is CC1(NS(=O)(=O)c2cc([N+](=O)[O-])ccc2N)CCOCC1. The Kier molecular flexibility index (Phi) is 4.17. The maximum absolute atomic E-state index is 12.4. The van der Waals surface area contributed by atoms with E-state index >= 15 is 0 Å². The number of nitrogens with zero attached hydrogens (tertiary/aromatic N) is 1. The summed E-state index contributed by atoms with van der Waals surface area (Å²) in [6.45, 7) is 2.70. The molecule has 0 amide bonds. The molecule has 1 aliphatic heterocycles. The van der Waals surface area contributed by atoms with Crippen molar-refractivity contribution in [2.75, 3.05) is 18.9 Å². The molecule has 0 aliphatic carbocycles. The van der Waals surface area contributed by atoms with Crippen LogP contribution < -0.4 is 10.5 Å². The zero-order valence-electron chi connectivity index (χ0n) is 11.5. The highest BCUT2D eigenvalue weighted by atomic mass is 32.2. The highest BCUT2D eigenvalue weighted by molar-refractivity contribution is 7.89. The van der Waals surface area contributed by atoms with Crippen molar-refractivity contribution in [3.8, 4) is 0 Å². The molecule has 1 saturated heterocycles. The summed E-state index contributed by atoms with van der Waals surface area (Å²) in [5.74, 6) is 0. The van der Waals surface area contributed by atoms with E-state index in [9.17, 15) is 18.5 Å². The van der Waals surface area contributed by atoms with E-state index in [-0.39, 0.29) is 16.3 Å². The highest BCUT2D eigenvalue weighted by Crippen LogP contribution is 2.27. The van der Waals surface area contributed by atoms with Gasteiger partial charge in [-0.15, -0.1) is 0 Å². The largest absolute Gasteiger partial charge is 0.398 e. The molecule has 21 heavy (non-hydrogen) atoms. The van der Waals surface area contributed by atoms with Crippen molar-refractivity contribution in [2.24, 2.45) is 0 Å². The standard InChI is InChI=1S/C12H17N3O5S/c1-12(4-6-20-7-5-12)14-21(18,19)11-8-9(15(16)17)2-3-10(11)13/h2-3,8,14H,4-7,13H2,1H3. The van der Waals surface area contributed by atoms with Gasteiger partial charge in [0, 0.05) is 30.9 Å². The summed E-state index contributed by atoms with van der Waals surface area (Å²) in [6, 6.07) is 3.36. The summed E-state index contributed by atoms with van der Waals surface area (Å²) in [4.78, 5) is 9.85. The molecule has 8 nitrogen and oxygen atoms in total. The van der Waals surface area contributed by atoms with Crippen LogP contribution >= 0.6 is 0 Å². The fraction of sp³-hybridized carbons (Fsp3) is 0.500. The topological polar surface area (TPSA) is 125 Å². The Balaban J connectivity index is 2.35. The predicted octanol–water partition coefficient (Wildman–Crippen LogP) is 1.02. The zero-order valence-corrected chi connectivity index (χ0v) is 12.4. The van der Waals surface area contributed by atoms with Gasteiger partial charge < -0.3 is 10.5 Å². The quantitative estimate of drug-likeness (QED) is 0.485. The van der Waals surface area contributed by atoms with Gasteiger partial charge in [-0.05, 0) is 25.8 Å².